The largest absolute Gasteiger partial charge is 0.286 e. The first-order chi connectivity index (χ1) is 6.25. The standard InChI is InChI=1S/C5H5N3O3S2/c6-11-13-12-5-3-7-2-1-4(5)8(9)10/h1-3H,6H2. The lowest BCUT2D eigenvalue weighted by molar-refractivity contribution is -0.387. The summed E-state index contributed by atoms with van der Waals surface area (Å²) in [5.41, 5.74) is -0.00968. The van der Waals surface area contributed by atoms with Crippen molar-refractivity contribution in [2.75, 3.05) is 0 Å². The molecule has 0 aliphatic rings. The highest BCUT2D eigenvalue weighted by molar-refractivity contribution is 8.74. The minimum absolute atomic E-state index is 0.00968. The SMILES string of the molecule is NOSSc1cnccc1[N+](=O)[O-]. The summed E-state index contributed by atoms with van der Waals surface area (Å²) in [5.74, 6) is 4.75. The van der Waals surface area contributed by atoms with E-state index in [-0.39, 0.29) is 5.69 Å². The van der Waals surface area contributed by atoms with Gasteiger partial charge >= 0.3 is 0 Å². The fourth-order valence-electron chi connectivity index (χ4n) is 0.644. The maximum atomic E-state index is 10.5. The molecule has 0 aliphatic heterocycles. The third kappa shape index (κ3) is 2.84. The summed E-state index contributed by atoms with van der Waals surface area (Å²) in [5, 5.41) is 10.5. The second-order valence-corrected chi connectivity index (χ2v) is 3.69. The molecule has 0 saturated carbocycles. The Morgan fingerprint density at radius 3 is 3.08 bits per heavy atom. The lowest BCUT2D eigenvalue weighted by Crippen LogP contribution is -1.91. The predicted octanol–water partition coefficient (Wildman–Crippen LogP) is 1.54. The normalized spacial score (nSPS) is 9.92. The first kappa shape index (κ1) is 10.3. The number of nitrogens with zero attached hydrogens (tertiary/aromatic N) is 2. The molecule has 1 aromatic rings. The summed E-state index contributed by atoms with van der Waals surface area (Å²) in [7, 11) is 1.04. The molecular weight excluding hydrogens is 214 g/mol. The zero-order valence-electron chi connectivity index (χ0n) is 6.25. The van der Waals surface area contributed by atoms with Crippen molar-refractivity contribution in [3.05, 3.63) is 28.6 Å². The smallest absolute Gasteiger partial charge is 0.263 e. The molecule has 0 amide bonds. The van der Waals surface area contributed by atoms with Gasteiger partial charge in [0.25, 0.3) is 5.69 Å². The molecule has 0 fully saturated rings. The van der Waals surface area contributed by atoms with Crippen LogP contribution in [0.15, 0.2) is 23.4 Å². The van der Waals surface area contributed by atoms with Gasteiger partial charge < -0.3 is 0 Å². The summed E-state index contributed by atoms with van der Waals surface area (Å²) < 4.78 is 4.21. The Labute approximate surface area is 81.6 Å². The van der Waals surface area contributed by atoms with E-state index in [1.807, 2.05) is 0 Å². The Bertz CT molecular complexity index is 309. The molecule has 13 heavy (non-hydrogen) atoms. The zero-order valence-corrected chi connectivity index (χ0v) is 7.88. The Morgan fingerprint density at radius 1 is 1.69 bits per heavy atom. The van der Waals surface area contributed by atoms with Gasteiger partial charge in [-0.1, -0.05) is 0 Å². The van der Waals surface area contributed by atoms with Gasteiger partial charge in [-0.25, -0.2) is 10.2 Å². The minimum atomic E-state index is -0.485. The number of hydrogen-bond donors (Lipinski definition) is 1. The highest BCUT2D eigenvalue weighted by atomic mass is 33.1. The van der Waals surface area contributed by atoms with Crippen molar-refractivity contribution < 1.29 is 9.21 Å². The summed E-state index contributed by atoms with van der Waals surface area (Å²) in [6.07, 6.45) is 2.74. The van der Waals surface area contributed by atoms with Crippen molar-refractivity contribution in [1.29, 1.82) is 0 Å². The van der Waals surface area contributed by atoms with Crippen LogP contribution in [-0.2, 0) is 4.28 Å². The maximum absolute atomic E-state index is 10.5. The molecule has 1 rings (SSSR count). The van der Waals surface area contributed by atoms with E-state index in [1.165, 1.54) is 18.5 Å². The van der Waals surface area contributed by atoms with Crippen LogP contribution in [0.2, 0.25) is 0 Å². The van der Waals surface area contributed by atoms with Gasteiger partial charge in [-0.2, -0.15) is 0 Å². The van der Waals surface area contributed by atoms with Crippen LogP contribution in [0.5, 0.6) is 0 Å². The number of pyridine rings is 1. The summed E-state index contributed by atoms with van der Waals surface area (Å²) in [4.78, 5) is 14.1. The molecule has 6 nitrogen and oxygen atoms in total. The van der Waals surface area contributed by atoms with Gasteiger partial charge in [0, 0.05) is 18.5 Å². The first-order valence-electron chi connectivity index (χ1n) is 3.04. The Balaban J connectivity index is 2.84. The van der Waals surface area contributed by atoms with Crippen molar-refractivity contribution in [3.8, 4) is 0 Å². The van der Waals surface area contributed by atoms with E-state index in [0.29, 0.717) is 4.90 Å². The monoisotopic (exact) mass is 219 g/mol. The van der Waals surface area contributed by atoms with Crippen molar-refractivity contribution in [1.82, 2.24) is 4.98 Å². The van der Waals surface area contributed by atoms with E-state index in [1.54, 1.807) is 0 Å². The van der Waals surface area contributed by atoms with Crippen molar-refractivity contribution in [2.45, 2.75) is 4.90 Å². The molecule has 0 spiro atoms. The zero-order chi connectivity index (χ0) is 9.68. The van der Waals surface area contributed by atoms with Crippen LogP contribution in [0, 0.1) is 10.1 Å². The molecule has 0 unspecified atom stereocenters. The summed E-state index contributed by atoms with van der Waals surface area (Å²) >= 11 is 0.843. The number of hydrogen-bond acceptors (Lipinski definition) is 7. The highest BCUT2D eigenvalue weighted by Crippen LogP contribution is 2.35. The van der Waals surface area contributed by atoms with Gasteiger partial charge in [-0.3, -0.25) is 15.1 Å². The highest BCUT2D eigenvalue weighted by Gasteiger charge is 2.13. The van der Waals surface area contributed by atoms with Crippen LogP contribution in [0.3, 0.4) is 0 Å². The number of nitrogens with two attached hydrogens (primary N) is 1. The Kier molecular flexibility index (Phi) is 3.96. The molecule has 2 N–H and O–H groups in total. The number of aromatic nitrogens is 1. The molecule has 0 aliphatic carbocycles. The fraction of sp³-hybridized carbons (Fsp3) is 0. The molecule has 1 aromatic heterocycles. The molecule has 8 heteroatoms. The van der Waals surface area contributed by atoms with Crippen LogP contribution >= 0.6 is 21.9 Å². The molecule has 0 radical (unpaired) electrons. The predicted molar refractivity (Wildman–Crippen MR) is 49.6 cm³/mol. The van der Waals surface area contributed by atoms with Crippen LogP contribution in [0.4, 0.5) is 5.69 Å². The van der Waals surface area contributed by atoms with E-state index in [0.717, 1.165) is 21.9 Å². The molecule has 0 bridgehead atoms. The van der Waals surface area contributed by atoms with E-state index < -0.39 is 4.92 Å². The van der Waals surface area contributed by atoms with Crippen molar-refractivity contribution in [2.24, 2.45) is 5.90 Å². The summed E-state index contributed by atoms with van der Waals surface area (Å²) in [6, 6.07) is 1.32. The fourth-order valence-corrected chi connectivity index (χ4v) is 1.81. The second-order valence-electron chi connectivity index (χ2n) is 1.85. The van der Waals surface area contributed by atoms with Crippen LogP contribution in [0.1, 0.15) is 0 Å². The third-order valence-electron chi connectivity index (χ3n) is 1.12. The number of rotatable bonds is 4. The lowest BCUT2D eigenvalue weighted by Gasteiger charge is -1.97. The lowest BCUT2D eigenvalue weighted by atomic mass is 10.4. The van der Waals surface area contributed by atoms with E-state index >= 15 is 0 Å². The molecular formula is C5H5N3O3S2. The van der Waals surface area contributed by atoms with Gasteiger partial charge in [0.1, 0.15) is 4.90 Å². The first-order valence-corrected chi connectivity index (χ1v) is 5.11. The van der Waals surface area contributed by atoms with Gasteiger partial charge in [0.05, 0.1) is 16.0 Å². The van der Waals surface area contributed by atoms with E-state index in [2.05, 4.69) is 9.27 Å². The van der Waals surface area contributed by atoms with E-state index in [4.69, 9.17) is 5.90 Å². The van der Waals surface area contributed by atoms with Gasteiger partial charge in [-0.05, 0) is 10.8 Å². The molecule has 1 heterocycles. The molecule has 0 saturated heterocycles. The average Bonchev–Trinajstić information content (AvgIpc) is 2.15. The third-order valence-corrected chi connectivity index (χ3v) is 2.74. The minimum Gasteiger partial charge on any atom is -0.263 e. The number of nitro groups is 1. The molecule has 70 valence electrons. The van der Waals surface area contributed by atoms with Crippen molar-refractivity contribution >= 4 is 27.6 Å². The maximum Gasteiger partial charge on any atom is 0.286 e. The van der Waals surface area contributed by atoms with Gasteiger partial charge in [0.15, 0.2) is 0 Å². The quantitative estimate of drug-likeness (QED) is 0.355. The van der Waals surface area contributed by atoms with E-state index in [9.17, 15) is 10.1 Å². The second kappa shape index (κ2) is 5.02. The summed E-state index contributed by atoms with van der Waals surface area (Å²) in [6.45, 7) is 0. The Hall–Kier alpha value is -0.830. The van der Waals surface area contributed by atoms with Crippen LogP contribution in [-0.4, -0.2) is 9.91 Å². The molecule has 0 atom stereocenters. The van der Waals surface area contributed by atoms with Crippen molar-refractivity contribution in [3.63, 3.8) is 0 Å². The van der Waals surface area contributed by atoms with Crippen LogP contribution in [0.25, 0.3) is 0 Å². The Morgan fingerprint density at radius 2 is 2.46 bits per heavy atom. The van der Waals surface area contributed by atoms with Crippen LogP contribution < -0.4 is 5.90 Å². The van der Waals surface area contributed by atoms with Gasteiger partial charge in [0.2, 0.25) is 0 Å². The average molecular weight is 219 g/mol. The topological polar surface area (TPSA) is 91.3 Å². The molecule has 0 aromatic carbocycles. The van der Waals surface area contributed by atoms with Gasteiger partial charge in [-0.15, -0.1) is 0 Å².